The van der Waals surface area contributed by atoms with Gasteiger partial charge in [-0.3, -0.25) is 19.3 Å². The fourth-order valence-corrected chi connectivity index (χ4v) is 3.67. The van der Waals surface area contributed by atoms with E-state index in [4.69, 9.17) is 10.2 Å². The maximum Gasteiger partial charge on any atom is 2.00 e. The molecule has 1 fully saturated rings. The second-order valence-electron chi connectivity index (χ2n) is 6.31. The van der Waals surface area contributed by atoms with Gasteiger partial charge in [0.05, 0.1) is 4.90 Å². The van der Waals surface area contributed by atoms with E-state index in [1.165, 1.54) is 41.3 Å². The van der Waals surface area contributed by atoms with E-state index >= 15 is 0 Å². The van der Waals surface area contributed by atoms with Crippen LogP contribution in [0.4, 0.5) is 5.69 Å². The van der Waals surface area contributed by atoms with Crippen LogP contribution in [0.5, 0.6) is 0 Å². The van der Waals surface area contributed by atoms with Crippen LogP contribution in [0.2, 0.25) is 0 Å². The predicted octanol–water partition coefficient (Wildman–Crippen LogP) is 2.12. The average Bonchev–Trinajstić information content (AvgIpc) is 2.91. The molecule has 1 saturated carbocycles. The number of hydrazone groups is 1. The number of allylic oxidation sites excluding steroid dienone is 1. The Kier molecular flexibility index (Phi) is 9.04. The van der Waals surface area contributed by atoms with Gasteiger partial charge in [0, 0.05) is 36.0 Å². The number of rotatable bonds is 6. The molecule has 1 heterocycles. The van der Waals surface area contributed by atoms with E-state index in [0.29, 0.717) is 11.4 Å². The Labute approximate surface area is 192 Å². The molecule has 0 aromatic heterocycles. The van der Waals surface area contributed by atoms with Crippen molar-refractivity contribution in [2.45, 2.75) is 17.7 Å². The molecule has 170 valence electrons. The van der Waals surface area contributed by atoms with Gasteiger partial charge in [-0.05, 0) is 30.3 Å². The number of amides is 1. The zero-order chi connectivity index (χ0) is 20.7. The zero-order valence-corrected chi connectivity index (χ0v) is 18.9. The van der Waals surface area contributed by atoms with Crippen molar-refractivity contribution in [3.63, 3.8) is 0 Å². The first-order valence-corrected chi connectivity index (χ1v) is 9.40. The molecule has 31 heavy (non-hydrogen) atoms. The van der Waals surface area contributed by atoms with Crippen LogP contribution in [0.1, 0.15) is 12.8 Å². The number of benzene rings is 1. The van der Waals surface area contributed by atoms with Crippen molar-refractivity contribution in [3.8, 4) is 0 Å². The van der Waals surface area contributed by atoms with Gasteiger partial charge in [0.25, 0.3) is 15.9 Å². The standard InChI is InChI=1S/C17H15N3O7S.2H2N.Pt/c1-10-2-7-14(21)20(10)12-3-5-13(6-4-12)28(26,27)19-18-11-8-17(9-11,15(22)23)16(24)25;;;/h2-7,19H,1,8-9H2,(H,22,23)(H,24,25);2*1H2;/q;2*-1;+2. The van der Waals surface area contributed by atoms with E-state index in [0.717, 1.165) is 0 Å². The molecule has 0 bridgehead atoms. The van der Waals surface area contributed by atoms with Crippen LogP contribution < -0.4 is 9.73 Å². The fraction of sp³-hybridized carbons (Fsp3) is 0.176. The summed E-state index contributed by atoms with van der Waals surface area (Å²) >= 11 is 0. The number of carboxylic acids is 2. The van der Waals surface area contributed by atoms with Crippen LogP contribution in [0.3, 0.4) is 0 Å². The summed E-state index contributed by atoms with van der Waals surface area (Å²) in [5.41, 5.74) is -0.951. The van der Waals surface area contributed by atoms with Gasteiger partial charge in [-0.1, -0.05) is 6.58 Å². The minimum absolute atomic E-state index is 0. The molecule has 2 aliphatic rings. The summed E-state index contributed by atoms with van der Waals surface area (Å²) in [6, 6.07) is 5.41. The summed E-state index contributed by atoms with van der Waals surface area (Å²) in [6.45, 7) is 3.72. The van der Waals surface area contributed by atoms with E-state index in [9.17, 15) is 22.8 Å². The van der Waals surface area contributed by atoms with Gasteiger partial charge in [-0.2, -0.15) is 13.5 Å². The number of nitrogens with one attached hydrogen (secondary N) is 1. The van der Waals surface area contributed by atoms with Crippen molar-refractivity contribution in [3.05, 3.63) is 61.0 Å². The number of sulfonamides is 1. The Hall–Kier alpha value is -2.86. The van der Waals surface area contributed by atoms with Gasteiger partial charge in [0.2, 0.25) is 0 Å². The summed E-state index contributed by atoms with van der Waals surface area (Å²) < 4.78 is 24.6. The van der Waals surface area contributed by atoms with Crippen molar-refractivity contribution in [1.29, 1.82) is 0 Å². The summed E-state index contributed by atoms with van der Waals surface area (Å²) in [5, 5.41) is 21.7. The number of carboxylic acid groups (broad SMARTS) is 2. The number of carbonyl (C=O) groups is 3. The molecule has 1 aliphatic heterocycles. The Balaban J connectivity index is 0.00000300. The van der Waals surface area contributed by atoms with Gasteiger partial charge in [-0.15, -0.1) is 0 Å². The van der Waals surface area contributed by atoms with Gasteiger partial charge >= 0.3 is 33.0 Å². The van der Waals surface area contributed by atoms with E-state index in [1.54, 1.807) is 0 Å². The normalized spacial score (nSPS) is 16.3. The Morgan fingerprint density at radius 3 is 2.00 bits per heavy atom. The fourth-order valence-electron chi connectivity index (χ4n) is 2.82. The number of hydrogen-bond acceptors (Lipinski definition) is 6. The van der Waals surface area contributed by atoms with Crippen LogP contribution in [-0.2, 0) is 45.5 Å². The smallest absolute Gasteiger partial charge is 0.693 e. The van der Waals surface area contributed by atoms with Crippen LogP contribution in [0.15, 0.2) is 58.7 Å². The topological polar surface area (TPSA) is 220 Å². The van der Waals surface area contributed by atoms with Crippen LogP contribution >= 0.6 is 0 Å². The van der Waals surface area contributed by atoms with Crippen molar-refractivity contribution < 1.29 is 54.1 Å². The third-order valence-corrected chi connectivity index (χ3v) is 5.71. The third-order valence-electron chi connectivity index (χ3n) is 4.49. The van der Waals surface area contributed by atoms with Crippen LogP contribution in [0.25, 0.3) is 12.3 Å². The van der Waals surface area contributed by atoms with Crippen LogP contribution in [-0.4, -0.2) is 42.2 Å². The summed E-state index contributed by atoms with van der Waals surface area (Å²) in [6.07, 6.45) is 2.12. The third kappa shape index (κ3) is 5.07. The molecule has 0 spiro atoms. The molecule has 1 aliphatic carbocycles. The quantitative estimate of drug-likeness (QED) is 0.313. The molecule has 0 atom stereocenters. The van der Waals surface area contributed by atoms with E-state index in [2.05, 4.69) is 11.7 Å². The van der Waals surface area contributed by atoms with Crippen molar-refractivity contribution in [2.24, 2.45) is 10.5 Å². The van der Waals surface area contributed by atoms with E-state index in [-0.39, 0.29) is 62.7 Å². The molecule has 3 rings (SSSR count). The Bertz CT molecular complexity index is 1020. The van der Waals surface area contributed by atoms with Gasteiger partial charge in [0.15, 0.2) is 5.41 Å². The number of nitrogens with two attached hydrogens (primary N) is 2. The molecule has 12 nitrogen and oxygen atoms in total. The molecule has 1 aromatic rings. The monoisotopic (exact) mass is 632 g/mol. The summed E-state index contributed by atoms with van der Waals surface area (Å²) in [7, 11) is -4.05. The minimum atomic E-state index is -4.05. The second-order valence-corrected chi connectivity index (χ2v) is 7.97. The summed E-state index contributed by atoms with van der Waals surface area (Å²) in [5.74, 6) is -3.29. The Morgan fingerprint density at radius 2 is 1.58 bits per heavy atom. The molecule has 14 heteroatoms. The van der Waals surface area contributed by atoms with Gasteiger partial charge in [0.1, 0.15) is 0 Å². The molecule has 1 aromatic carbocycles. The van der Waals surface area contributed by atoms with Crippen molar-refractivity contribution in [1.82, 2.24) is 4.83 Å². The number of carbonyl (C=O) groups excluding carboxylic acids is 1. The largest absolute Gasteiger partial charge is 2.00 e. The van der Waals surface area contributed by atoms with E-state index < -0.39 is 27.4 Å². The minimum Gasteiger partial charge on any atom is -0.693 e. The van der Waals surface area contributed by atoms with Gasteiger partial charge in [-0.25, -0.2) is 4.83 Å². The van der Waals surface area contributed by atoms with Gasteiger partial charge < -0.3 is 22.5 Å². The summed E-state index contributed by atoms with van der Waals surface area (Å²) in [4.78, 5) is 37.1. The second kappa shape index (κ2) is 9.96. The van der Waals surface area contributed by atoms with Crippen molar-refractivity contribution >= 4 is 39.3 Å². The Morgan fingerprint density at radius 1 is 1.06 bits per heavy atom. The van der Waals surface area contributed by atoms with Crippen molar-refractivity contribution in [2.75, 3.05) is 4.90 Å². The zero-order valence-electron chi connectivity index (χ0n) is 15.8. The van der Waals surface area contributed by atoms with E-state index in [1.807, 2.05) is 4.83 Å². The molecule has 0 saturated heterocycles. The maximum atomic E-state index is 12.3. The predicted molar refractivity (Wildman–Crippen MR) is 107 cm³/mol. The molecular formula is C17H19N5O7PtS. The molecule has 7 N–H and O–H groups in total. The first-order valence-electron chi connectivity index (χ1n) is 7.92. The molecule has 0 unspecified atom stereocenters. The molecular weight excluding hydrogens is 613 g/mol. The first-order chi connectivity index (χ1) is 13.1. The molecule has 0 radical (unpaired) electrons. The number of hydrogen-bond donors (Lipinski definition) is 3. The first kappa shape index (κ1) is 28.1. The number of nitrogens with zero attached hydrogens (tertiary/aromatic N) is 2. The molecule has 1 amide bonds. The maximum absolute atomic E-state index is 12.3. The van der Waals surface area contributed by atoms with Crippen LogP contribution in [0, 0.1) is 5.41 Å². The average molecular weight is 633 g/mol. The SMILES string of the molecule is C=C1C=CC(=O)N1c1ccc(S(=O)(=O)NN=C2CC(C(=O)O)(C(=O)O)C2)cc1.[NH2-].[NH2-].[Pt+2]. The number of aliphatic carboxylic acids is 2. The number of anilines is 1.